The van der Waals surface area contributed by atoms with Crippen LogP contribution in [0, 0.1) is 0 Å². The molecule has 1 saturated heterocycles. The minimum atomic E-state index is 0. The van der Waals surface area contributed by atoms with Gasteiger partial charge in [-0.05, 0) is 44.3 Å². The number of hydrogen-bond donors (Lipinski definition) is 2. The first-order valence-corrected chi connectivity index (χ1v) is 7.70. The second kappa shape index (κ2) is 8.20. The van der Waals surface area contributed by atoms with E-state index in [-0.39, 0.29) is 12.4 Å². The number of aryl methyl sites for hydroxylation is 2. The smallest absolute Gasteiger partial charge is 0.106 e. The highest BCUT2D eigenvalue weighted by molar-refractivity contribution is 5.85. The topological polar surface area (TPSA) is 40.7 Å². The highest BCUT2D eigenvalue weighted by Gasteiger charge is 2.16. The molecule has 0 spiro atoms. The van der Waals surface area contributed by atoms with Crippen molar-refractivity contribution in [1.82, 2.24) is 15.3 Å². The van der Waals surface area contributed by atoms with E-state index in [4.69, 9.17) is 0 Å². The Bertz CT molecular complexity index is 518. The zero-order valence-corrected chi connectivity index (χ0v) is 13.2. The van der Waals surface area contributed by atoms with Gasteiger partial charge in [-0.3, -0.25) is 0 Å². The lowest BCUT2D eigenvalue weighted by Crippen LogP contribution is -2.26. The number of halogens is 1. The first-order valence-electron chi connectivity index (χ1n) is 7.70. The van der Waals surface area contributed by atoms with Gasteiger partial charge in [0.25, 0.3) is 0 Å². The second-order valence-corrected chi connectivity index (χ2v) is 5.65. The molecule has 0 aliphatic carbocycles. The molecule has 0 saturated carbocycles. The summed E-state index contributed by atoms with van der Waals surface area (Å²) in [5.41, 5.74) is 2.75. The van der Waals surface area contributed by atoms with Crippen LogP contribution in [0.2, 0.25) is 0 Å². The van der Waals surface area contributed by atoms with Crippen molar-refractivity contribution in [2.75, 3.05) is 13.1 Å². The lowest BCUT2D eigenvalue weighted by molar-refractivity contribution is 0.454. The number of H-pyrrole nitrogens is 1. The Morgan fingerprint density at radius 1 is 1.05 bits per heavy atom. The van der Waals surface area contributed by atoms with E-state index < -0.39 is 0 Å². The first-order chi connectivity index (χ1) is 9.92. The number of nitrogens with zero attached hydrogens (tertiary/aromatic N) is 1. The van der Waals surface area contributed by atoms with Crippen molar-refractivity contribution < 1.29 is 0 Å². The molecule has 0 atom stereocenters. The average Bonchev–Trinajstić information content (AvgIpc) is 2.98. The predicted molar refractivity (Wildman–Crippen MR) is 89.1 cm³/mol. The second-order valence-electron chi connectivity index (χ2n) is 5.65. The summed E-state index contributed by atoms with van der Waals surface area (Å²) in [5.74, 6) is 1.82. The summed E-state index contributed by atoms with van der Waals surface area (Å²) < 4.78 is 0. The van der Waals surface area contributed by atoms with E-state index in [0.717, 1.165) is 38.2 Å². The molecule has 2 aromatic rings. The summed E-state index contributed by atoms with van der Waals surface area (Å²) in [6.07, 6.45) is 7.83. The van der Waals surface area contributed by atoms with E-state index in [1.54, 1.807) is 0 Å². The molecular formula is C17H24ClN3. The fourth-order valence-electron chi connectivity index (χ4n) is 2.95. The Hall–Kier alpha value is -1.32. The van der Waals surface area contributed by atoms with Crippen LogP contribution in [0.15, 0.2) is 36.5 Å². The maximum absolute atomic E-state index is 4.55. The number of aromatic amines is 1. The van der Waals surface area contributed by atoms with Gasteiger partial charge in [0, 0.05) is 24.2 Å². The molecule has 0 unspecified atom stereocenters. The van der Waals surface area contributed by atoms with Gasteiger partial charge < -0.3 is 10.3 Å². The van der Waals surface area contributed by atoms with Crippen LogP contribution in [0.1, 0.15) is 42.3 Å². The Balaban J connectivity index is 0.00000161. The summed E-state index contributed by atoms with van der Waals surface area (Å²) in [4.78, 5) is 8.08. The molecule has 0 amide bonds. The van der Waals surface area contributed by atoms with Gasteiger partial charge in [0.2, 0.25) is 0 Å². The highest BCUT2D eigenvalue weighted by atomic mass is 35.5. The number of nitrogens with one attached hydrogen (secondary N) is 2. The monoisotopic (exact) mass is 305 g/mol. The predicted octanol–water partition coefficient (Wildman–Crippen LogP) is 3.47. The molecule has 2 N–H and O–H groups in total. The van der Waals surface area contributed by atoms with E-state index in [1.165, 1.54) is 24.1 Å². The van der Waals surface area contributed by atoms with Crippen molar-refractivity contribution in [2.45, 2.75) is 38.0 Å². The van der Waals surface area contributed by atoms with E-state index in [1.807, 2.05) is 6.20 Å². The molecule has 1 aromatic carbocycles. The fraction of sp³-hybridized carbons (Fsp3) is 0.471. The number of rotatable bonds is 5. The van der Waals surface area contributed by atoms with E-state index in [0.29, 0.717) is 5.92 Å². The Morgan fingerprint density at radius 3 is 2.57 bits per heavy atom. The maximum Gasteiger partial charge on any atom is 0.106 e. The standard InChI is InChI=1S/C17H23N3.ClH/c1-2-5-14(6-3-1)7-4-8-17-19-13-16(20-17)15-9-11-18-12-10-15;/h1-3,5-6,13,15,18H,4,7-12H2,(H,19,20);1H. The molecule has 1 aromatic heterocycles. The molecule has 2 heterocycles. The Morgan fingerprint density at radius 2 is 1.81 bits per heavy atom. The van der Waals surface area contributed by atoms with Crippen LogP contribution in [0.3, 0.4) is 0 Å². The largest absolute Gasteiger partial charge is 0.346 e. The van der Waals surface area contributed by atoms with Crippen LogP contribution in [-0.4, -0.2) is 23.1 Å². The Kier molecular flexibility index (Phi) is 6.27. The molecule has 3 nitrogen and oxygen atoms in total. The quantitative estimate of drug-likeness (QED) is 0.888. The van der Waals surface area contributed by atoms with Crippen molar-refractivity contribution in [2.24, 2.45) is 0 Å². The lowest BCUT2D eigenvalue weighted by Gasteiger charge is -2.21. The van der Waals surface area contributed by atoms with Crippen LogP contribution in [0.5, 0.6) is 0 Å². The molecule has 114 valence electrons. The molecule has 1 fully saturated rings. The molecule has 0 bridgehead atoms. The summed E-state index contributed by atoms with van der Waals surface area (Å²) in [6.45, 7) is 2.26. The third kappa shape index (κ3) is 4.58. The first kappa shape index (κ1) is 16.1. The van der Waals surface area contributed by atoms with Gasteiger partial charge in [0.15, 0.2) is 0 Å². The van der Waals surface area contributed by atoms with Gasteiger partial charge in [0.1, 0.15) is 5.82 Å². The van der Waals surface area contributed by atoms with Gasteiger partial charge in [-0.2, -0.15) is 0 Å². The molecular weight excluding hydrogens is 282 g/mol. The number of imidazole rings is 1. The molecule has 1 aliphatic heterocycles. The molecule has 21 heavy (non-hydrogen) atoms. The zero-order valence-electron chi connectivity index (χ0n) is 12.3. The normalized spacial score (nSPS) is 15.6. The van der Waals surface area contributed by atoms with Crippen molar-refractivity contribution in [3.05, 3.63) is 53.6 Å². The van der Waals surface area contributed by atoms with Gasteiger partial charge >= 0.3 is 0 Å². The Labute approximate surface area is 133 Å². The number of benzene rings is 1. The minimum Gasteiger partial charge on any atom is -0.346 e. The van der Waals surface area contributed by atoms with Crippen LogP contribution in [-0.2, 0) is 12.8 Å². The fourth-order valence-corrected chi connectivity index (χ4v) is 2.95. The minimum absolute atomic E-state index is 0. The van der Waals surface area contributed by atoms with Gasteiger partial charge in [-0.25, -0.2) is 4.98 Å². The number of hydrogen-bond acceptors (Lipinski definition) is 2. The van der Waals surface area contributed by atoms with Crippen LogP contribution in [0.25, 0.3) is 0 Å². The molecule has 1 aliphatic rings. The van der Waals surface area contributed by atoms with E-state index in [2.05, 4.69) is 45.6 Å². The average molecular weight is 306 g/mol. The third-order valence-electron chi connectivity index (χ3n) is 4.15. The van der Waals surface area contributed by atoms with Crippen molar-refractivity contribution in [3.63, 3.8) is 0 Å². The van der Waals surface area contributed by atoms with Crippen LogP contribution < -0.4 is 5.32 Å². The van der Waals surface area contributed by atoms with Crippen molar-refractivity contribution in [1.29, 1.82) is 0 Å². The van der Waals surface area contributed by atoms with Crippen LogP contribution >= 0.6 is 12.4 Å². The number of aromatic nitrogens is 2. The highest BCUT2D eigenvalue weighted by Crippen LogP contribution is 2.23. The SMILES string of the molecule is Cl.c1ccc(CCCc2ncc(C3CCNCC3)[nH]2)cc1. The van der Waals surface area contributed by atoms with Gasteiger partial charge in [-0.15, -0.1) is 12.4 Å². The van der Waals surface area contributed by atoms with Gasteiger partial charge in [0.05, 0.1) is 0 Å². The molecule has 0 radical (unpaired) electrons. The maximum atomic E-state index is 4.55. The third-order valence-corrected chi connectivity index (χ3v) is 4.15. The number of piperidine rings is 1. The molecule has 3 rings (SSSR count). The lowest BCUT2D eigenvalue weighted by atomic mass is 9.95. The summed E-state index contributed by atoms with van der Waals surface area (Å²) in [7, 11) is 0. The summed E-state index contributed by atoms with van der Waals surface area (Å²) in [6, 6.07) is 10.7. The zero-order chi connectivity index (χ0) is 13.6. The van der Waals surface area contributed by atoms with E-state index >= 15 is 0 Å². The van der Waals surface area contributed by atoms with E-state index in [9.17, 15) is 0 Å². The van der Waals surface area contributed by atoms with Crippen LogP contribution in [0.4, 0.5) is 0 Å². The summed E-state index contributed by atoms with van der Waals surface area (Å²) >= 11 is 0. The van der Waals surface area contributed by atoms with Crippen molar-refractivity contribution >= 4 is 12.4 Å². The summed E-state index contributed by atoms with van der Waals surface area (Å²) in [5, 5.41) is 3.41. The van der Waals surface area contributed by atoms with Gasteiger partial charge in [-0.1, -0.05) is 30.3 Å². The van der Waals surface area contributed by atoms with Crippen molar-refractivity contribution in [3.8, 4) is 0 Å². The molecule has 4 heteroatoms.